The van der Waals surface area contributed by atoms with Crippen molar-refractivity contribution in [2.45, 2.75) is 10.3 Å². The first-order chi connectivity index (χ1) is 7.22. The maximum absolute atomic E-state index is 9.40. The Morgan fingerprint density at radius 3 is 2.73 bits per heavy atom. The SMILES string of the molecule is CSc1cc(C2(CO)COC2)ccc1N. The van der Waals surface area contributed by atoms with Crippen LogP contribution in [0.25, 0.3) is 0 Å². The molecule has 1 aromatic carbocycles. The molecule has 4 heteroatoms. The Kier molecular flexibility index (Phi) is 2.91. The first-order valence-corrected chi connectivity index (χ1v) is 6.07. The van der Waals surface area contributed by atoms with Gasteiger partial charge in [0.05, 0.1) is 25.2 Å². The largest absolute Gasteiger partial charge is 0.398 e. The fourth-order valence-corrected chi connectivity index (χ4v) is 2.29. The van der Waals surface area contributed by atoms with Gasteiger partial charge in [0.2, 0.25) is 0 Å². The summed E-state index contributed by atoms with van der Waals surface area (Å²) in [4.78, 5) is 1.06. The van der Waals surface area contributed by atoms with E-state index in [9.17, 15) is 5.11 Å². The summed E-state index contributed by atoms with van der Waals surface area (Å²) in [7, 11) is 0. The zero-order valence-electron chi connectivity index (χ0n) is 8.69. The zero-order chi connectivity index (χ0) is 10.9. The molecule has 82 valence electrons. The molecular formula is C11H15NO2S. The number of hydrogen-bond donors (Lipinski definition) is 2. The van der Waals surface area contributed by atoms with Crippen LogP contribution < -0.4 is 5.73 Å². The van der Waals surface area contributed by atoms with Gasteiger partial charge in [-0.25, -0.2) is 0 Å². The van der Waals surface area contributed by atoms with E-state index in [0.717, 1.165) is 16.1 Å². The fourth-order valence-electron chi connectivity index (χ4n) is 1.74. The molecular weight excluding hydrogens is 210 g/mol. The highest BCUT2D eigenvalue weighted by atomic mass is 32.2. The topological polar surface area (TPSA) is 55.5 Å². The summed E-state index contributed by atoms with van der Waals surface area (Å²) in [6.45, 7) is 1.33. The molecule has 0 aliphatic carbocycles. The molecule has 2 rings (SSSR count). The molecule has 0 unspecified atom stereocenters. The smallest absolute Gasteiger partial charge is 0.0651 e. The second kappa shape index (κ2) is 4.04. The van der Waals surface area contributed by atoms with Crippen molar-refractivity contribution in [1.82, 2.24) is 0 Å². The minimum atomic E-state index is -0.196. The maximum Gasteiger partial charge on any atom is 0.0651 e. The maximum atomic E-state index is 9.40. The van der Waals surface area contributed by atoms with Gasteiger partial charge in [0.15, 0.2) is 0 Å². The van der Waals surface area contributed by atoms with Gasteiger partial charge in [-0.15, -0.1) is 11.8 Å². The molecule has 0 aromatic heterocycles. The van der Waals surface area contributed by atoms with Gasteiger partial charge in [-0.05, 0) is 24.0 Å². The van der Waals surface area contributed by atoms with Gasteiger partial charge < -0.3 is 15.6 Å². The molecule has 1 saturated heterocycles. The van der Waals surface area contributed by atoms with E-state index < -0.39 is 0 Å². The van der Waals surface area contributed by atoms with Crippen LogP contribution in [0.1, 0.15) is 5.56 Å². The van der Waals surface area contributed by atoms with Crippen molar-refractivity contribution in [2.75, 3.05) is 31.8 Å². The Morgan fingerprint density at radius 2 is 2.27 bits per heavy atom. The van der Waals surface area contributed by atoms with E-state index >= 15 is 0 Å². The molecule has 15 heavy (non-hydrogen) atoms. The van der Waals surface area contributed by atoms with Crippen LogP contribution in [0.3, 0.4) is 0 Å². The Hall–Kier alpha value is -0.710. The normalized spacial score (nSPS) is 18.5. The summed E-state index contributed by atoms with van der Waals surface area (Å²) < 4.78 is 5.19. The van der Waals surface area contributed by atoms with Crippen molar-refractivity contribution in [3.05, 3.63) is 23.8 Å². The molecule has 1 aliphatic heterocycles. The standard InChI is InChI=1S/C11H15NO2S/c1-15-10-4-8(2-3-9(10)12)11(5-13)6-14-7-11/h2-4,13H,5-7,12H2,1H3. The molecule has 1 aliphatic rings. The Morgan fingerprint density at radius 1 is 1.53 bits per heavy atom. The molecule has 1 aromatic rings. The molecule has 1 heterocycles. The van der Waals surface area contributed by atoms with Crippen molar-refractivity contribution in [1.29, 1.82) is 0 Å². The molecule has 1 fully saturated rings. The fraction of sp³-hybridized carbons (Fsp3) is 0.455. The van der Waals surface area contributed by atoms with Gasteiger partial charge >= 0.3 is 0 Å². The van der Waals surface area contributed by atoms with Crippen LogP contribution in [0.4, 0.5) is 5.69 Å². The van der Waals surface area contributed by atoms with Crippen molar-refractivity contribution in [3.63, 3.8) is 0 Å². The lowest BCUT2D eigenvalue weighted by Crippen LogP contribution is -2.49. The van der Waals surface area contributed by atoms with E-state index in [1.54, 1.807) is 11.8 Å². The van der Waals surface area contributed by atoms with Crippen molar-refractivity contribution < 1.29 is 9.84 Å². The van der Waals surface area contributed by atoms with Gasteiger partial charge in [0.1, 0.15) is 0 Å². The lowest BCUT2D eigenvalue weighted by molar-refractivity contribution is -0.0842. The lowest BCUT2D eigenvalue weighted by atomic mass is 9.79. The minimum absolute atomic E-state index is 0.130. The van der Waals surface area contributed by atoms with Gasteiger partial charge in [-0.3, -0.25) is 0 Å². The van der Waals surface area contributed by atoms with Crippen LogP contribution in [0.2, 0.25) is 0 Å². The number of thioether (sulfide) groups is 1. The van der Waals surface area contributed by atoms with Crippen molar-refractivity contribution in [3.8, 4) is 0 Å². The van der Waals surface area contributed by atoms with E-state index in [4.69, 9.17) is 10.5 Å². The number of aliphatic hydroxyl groups excluding tert-OH is 1. The zero-order valence-corrected chi connectivity index (χ0v) is 9.51. The average molecular weight is 225 g/mol. The molecule has 3 N–H and O–H groups in total. The van der Waals surface area contributed by atoms with Crippen LogP contribution >= 0.6 is 11.8 Å². The van der Waals surface area contributed by atoms with Crippen LogP contribution in [-0.2, 0) is 10.2 Å². The number of benzene rings is 1. The van der Waals surface area contributed by atoms with Gasteiger partial charge in [-0.1, -0.05) is 6.07 Å². The Bertz CT molecular complexity index is 358. The predicted molar refractivity (Wildman–Crippen MR) is 62.2 cm³/mol. The highest BCUT2D eigenvalue weighted by molar-refractivity contribution is 7.98. The third kappa shape index (κ3) is 1.73. The molecule has 0 spiro atoms. The number of aliphatic hydroxyl groups is 1. The molecule has 0 saturated carbocycles. The summed E-state index contributed by atoms with van der Waals surface area (Å²) in [5, 5.41) is 9.40. The van der Waals surface area contributed by atoms with Crippen molar-refractivity contribution >= 4 is 17.4 Å². The van der Waals surface area contributed by atoms with E-state index in [1.165, 1.54) is 0 Å². The van der Waals surface area contributed by atoms with E-state index in [2.05, 4.69) is 6.07 Å². The van der Waals surface area contributed by atoms with E-state index in [1.807, 2.05) is 18.4 Å². The minimum Gasteiger partial charge on any atom is -0.398 e. The van der Waals surface area contributed by atoms with E-state index in [0.29, 0.717) is 13.2 Å². The Balaban J connectivity index is 2.36. The van der Waals surface area contributed by atoms with Gasteiger partial charge in [0, 0.05) is 10.6 Å². The second-order valence-electron chi connectivity index (χ2n) is 3.89. The third-order valence-corrected chi connectivity index (χ3v) is 3.70. The third-order valence-electron chi connectivity index (χ3n) is 2.91. The summed E-state index contributed by atoms with van der Waals surface area (Å²) in [5.41, 5.74) is 7.54. The molecule has 3 nitrogen and oxygen atoms in total. The van der Waals surface area contributed by atoms with Crippen molar-refractivity contribution in [2.24, 2.45) is 0 Å². The molecule has 0 amide bonds. The highest BCUT2D eigenvalue weighted by Crippen LogP contribution is 2.35. The number of anilines is 1. The highest BCUT2D eigenvalue weighted by Gasteiger charge is 2.39. The number of hydrogen-bond acceptors (Lipinski definition) is 4. The number of rotatable bonds is 3. The molecule has 0 atom stereocenters. The first kappa shape index (κ1) is 10.8. The summed E-state index contributed by atoms with van der Waals surface area (Å²) in [5.74, 6) is 0. The summed E-state index contributed by atoms with van der Waals surface area (Å²) >= 11 is 1.62. The monoisotopic (exact) mass is 225 g/mol. The number of nitrogens with two attached hydrogens (primary N) is 1. The van der Waals surface area contributed by atoms with E-state index in [-0.39, 0.29) is 12.0 Å². The van der Waals surface area contributed by atoms with Gasteiger partial charge in [0.25, 0.3) is 0 Å². The van der Waals surface area contributed by atoms with Crippen LogP contribution in [-0.4, -0.2) is 31.2 Å². The quantitative estimate of drug-likeness (QED) is 0.600. The molecule has 0 bridgehead atoms. The Labute approximate surface area is 93.6 Å². The predicted octanol–water partition coefficient (Wildman–Crippen LogP) is 1.25. The summed E-state index contributed by atoms with van der Waals surface area (Å²) in [6.07, 6.45) is 2.00. The second-order valence-corrected chi connectivity index (χ2v) is 4.74. The number of ether oxygens (including phenoxy) is 1. The number of nitrogen functional groups attached to an aromatic ring is 1. The van der Waals surface area contributed by atoms with Crippen LogP contribution in [0.15, 0.2) is 23.1 Å². The van der Waals surface area contributed by atoms with Gasteiger partial charge in [-0.2, -0.15) is 0 Å². The van der Waals surface area contributed by atoms with Crippen LogP contribution in [0.5, 0.6) is 0 Å². The first-order valence-electron chi connectivity index (χ1n) is 4.84. The lowest BCUT2D eigenvalue weighted by Gasteiger charge is -2.40. The molecule has 0 radical (unpaired) electrons. The summed E-state index contributed by atoms with van der Waals surface area (Å²) in [6, 6.07) is 5.93. The van der Waals surface area contributed by atoms with Crippen LogP contribution in [0, 0.1) is 0 Å². The average Bonchev–Trinajstić information content (AvgIpc) is 2.19.